The Kier molecular flexibility index (Phi) is 5.12. The lowest BCUT2D eigenvalue weighted by Gasteiger charge is -2.45. The first kappa shape index (κ1) is 19.0. The Morgan fingerprint density at radius 2 is 1.93 bits per heavy atom. The summed E-state index contributed by atoms with van der Waals surface area (Å²) in [5.41, 5.74) is 2.04. The largest absolute Gasteiger partial charge is 0.350 e. The van der Waals surface area contributed by atoms with Crippen molar-refractivity contribution in [2.24, 2.45) is 0 Å². The number of pyridine rings is 1. The molecule has 2 aliphatic rings. The average molecular weight is 386 g/mol. The first-order chi connectivity index (χ1) is 13.5. The summed E-state index contributed by atoms with van der Waals surface area (Å²) in [6, 6.07) is 10.5. The number of hydrogen-bond donors (Lipinski definition) is 2. The maximum Gasteiger partial charge on any atom is 0.241 e. The van der Waals surface area contributed by atoms with Crippen LogP contribution in [0.3, 0.4) is 0 Å². The van der Waals surface area contributed by atoms with Gasteiger partial charge in [-0.15, -0.1) is 0 Å². The standard InChI is InChI=1S/C21H24F2N4O/c1-14-17-5-3-2-4-16(17)12-21(14,27-8-6-24-7-9-27)20(28)25-13-15-10-18(22)26-19(23)11-15/h2-5,10-11,14,24H,6-9,12-13H2,1H3,(H,25,28). The minimum absolute atomic E-state index is 0.0210. The Hall–Kier alpha value is -2.38. The summed E-state index contributed by atoms with van der Waals surface area (Å²) in [7, 11) is 0. The van der Waals surface area contributed by atoms with Crippen LogP contribution < -0.4 is 10.6 Å². The molecule has 2 N–H and O–H groups in total. The fraction of sp³-hybridized carbons (Fsp3) is 0.429. The quantitative estimate of drug-likeness (QED) is 0.789. The van der Waals surface area contributed by atoms with Crippen molar-refractivity contribution in [1.29, 1.82) is 0 Å². The third-order valence-electron chi connectivity index (χ3n) is 6.05. The SMILES string of the molecule is CC1c2ccccc2CC1(C(=O)NCc1cc(F)nc(F)c1)N1CCNCC1. The molecular formula is C21H24F2N4O. The molecule has 1 aliphatic heterocycles. The van der Waals surface area contributed by atoms with Gasteiger partial charge in [0.2, 0.25) is 17.8 Å². The van der Waals surface area contributed by atoms with Crippen LogP contribution in [0.2, 0.25) is 0 Å². The van der Waals surface area contributed by atoms with Crippen LogP contribution in [0.1, 0.15) is 29.5 Å². The summed E-state index contributed by atoms with van der Waals surface area (Å²) >= 11 is 0. The molecule has 2 atom stereocenters. The summed E-state index contributed by atoms with van der Waals surface area (Å²) < 4.78 is 26.8. The molecule has 2 unspecified atom stereocenters. The summed E-state index contributed by atoms with van der Waals surface area (Å²) in [6.45, 7) is 5.39. The predicted molar refractivity (Wildman–Crippen MR) is 102 cm³/mol. The van der Waals surface area contributed by atoms with Gasteiger partial charge in [-0.2, -0.15) is 13.8 Å². The third-order valence-corrected chi connectivity index (χ3v) is 6.05. The molecular weight excluding hydrogens is 362 g/mol. The predicted octanol–water partition coefficient (Wildman–Crippen LogP) is 1.98. The second-order valence-corrected chi connectivity index (χ2v) is 7.56. The fourth-order valence-electron chi connectivity index (χ4n) is 4.64. The van der Waals surface area contributed by atoms with E-state index < -0.39 is 17.4 Å². The van der Waals surface area contributed by atoms with E-state index in [1.54, 1.807) is 0 Å². The smallest absolute Gasteiger partial charge is 0.241 e. The molecule has 4 rings (SSSR count). The number of carbonyl (C=O) groups excluding carboxylic acids is 1. The number of hydrogen-bond acceptors (Lipinski definition) is 4. The van der Waals surface area contributed by atoms with Crippen LogP contribution in [0, 0.1) is 11.9 Å². The molecule has 0 bridgehead atoms. The van der Waals surface area contributed by atoms with Gasteiger partial charge in [0.25, 0.3) is 0 Å². The lowest BCUT2D eigenvalue weighted by molar-refractivity contribution is -0.135. The molecule has 1 aromatic carbocycles. The molecule has 1 aliphatic carbocycles. The number of carbonyl (C=O) groups is 1. The van der Waals surface area contributed by atoms with Crippen molar-refractivity contribution in [3.63, 3.8) is 0 Å². The molecule has 28 heavy (non-hydrogen) atoms. The van der Waals surface area contributed by atoms with Gasteiger partial charge in [0.1, 0.15) is 5.54 Å². The van der Waals surface area contributed by atoms with Gasteiger partial charge in [0, 0.05) is 45.1 Å². The first-order valence-electron chi connectivity index (χ1n) is 9.64. The van der Waals surface area contributed by atoms with Crippen molar-refractivity contribution < 1.29 is 13.6 Å². The zero-order chi connectivity index (χ0) is 19.7. The van der Waals surface area contributed by atoms with Crippen LogP contribution in [0.5, 0.6) is 0 Å². The number of nitrogens with zero attached hydrogens (tertiary/aromatic N) is 2. The molecule has 7 heteroatoms. The number of benzene rings is 1. The van der Waals surface area contributed by atoms with Crippen molar-refractivity contribution in [3.05, 3.63) is 65.0 Å². The van der Waals surface area contributed by atoms with Crippen molar-refractivity contribution in [1.82, 2.24) is 20.5 Å². The van der Waals surface area contributed by atoms with Gasteiger partial charge < -0.3 is 10.6 Å². The molecule has 1 fully saturated rings. The van der Waals surface area contributed by atoms with Crippen molar-refractivity contribution >= 4 is 5.91 Å². The van der Waals surface area contributed by atoms with Crippen LogP contribution in [-0.4, -0.2) is 47.5 Å². The van der Waals surface area contributed by atoms with Crippen molar-refractivity contribution in [2.45, 2.75) is 31.3 Å². The highest BCUT2D eigenvalue weighted by Gasteiger charge is 2.53. The molecule has 1 aromatic heterocycles. The molecule has 2 aromatic rings. The number of amides is 1. The van der Waals surface area contributed by atoms with E-state index in [4.69, 9.17) is 0 Å². The first-order valence-corrected chi connectivity index (χ1v) is 9.64. The summed E-state index contributed by atoms with van der Waals surface area (Å²) in [5, 5.41) is 6.27. The van der Waals surface area contributed by atoms with Crippen molar-refractivity contribution in [3.8, 4) is 0 Å². The topological polar surface area (TPSA) is 57.3 Å². The highest BCUT2D eigenvalue weighted by molar-refractivity contribution is 5.89. The average Bonchev–Trinajstić information content (AvgIpc) is 3.00. The minimum atomic E-state index is -0.886. The van der Waals surface area contributed by atoms with E-state index in [1.807, 2.05) is 12.1 Å². The maximum atomic E-state index is 13.5. The van der Waals surface area contributed by atoms with Crippen molar-refractivity contribution in [2.75, 3.05) is 26.2 Å². The molecule has 148 valence electrons. The third kappa shape index (κ3) is 3.29. The normalized spacial score (nSPS) is 24.8. The minimum Gasteiger partial charge on any atom is -0.350 e. The van der Waals surface area contributed by atoms with Gasteiger partial charge in [-0.25, -0.2) is 0 Å². The molecule has 2 heterocycles. The zero-order valence-electron chi connectivity index (χ0n) is 15.8. The van der Waals surface area contributed by atoms with E-state index in [1.165, 1.54) is 11.1 Å². The summed E-state index contributed by atoms with van der Waals surface area (Å²) in [6.07, 6.45) is 0.634. The summed E-state index contributed by atoms with van der Waals surface area (Å²) in [4.78, 5) is 18.9. The van der Waals surface area contributed by atoms with E-state index in [-0.39, 0.29) is 18.4 Å². The van der Waals surface area contributed by atoms with E-state index in [2.05, 4.69) is 39.6 Å². The van der Waals surface area contributed by atoms with Crippen LogP contribution in [-0.2, 0) is 17.8 Å². The lowest BCUT2D eigenvalue weighted by atomic mass is 9.82. The monoisotopic (exact) mass is 386 g/mol. The Bertz CT molecular complexity index is 864. The van der Waals surface area contributed by atoms with Gasteiger partial charge in [0.15, 0.2) is 0 Å². The Morgan fingerprint density at radius 1 is 1.25 bits per heavy atom. The van der Waals surface area contributed by atoms with Gasteiger partial charge in [0.05, 0.1) is 0 Å². The van der Waals surface area contributed by atoms with Gasteiger partial charge in [-0.1, -0.05) is 31.2 Å². The van der Waals surface area contributed by atoms with Crippen LogP contribution >= 0.6 is 0 Å². The Labute approximate surface area is 163 Å². The van der Waals surface area contributed by atoms with Crippen LogP contribution in [0.15, 0.2) is 36.4 Å². The van der Waals surface area contributed by atoms with Gasteiger partial charge in [-0.3, -0.25) is 9.69 Å². The number of fused-ring (bicyclic) bond motifs is 1. The molecule has 0 radical (unpaired) electrons. The van der Waals surface area contributed by atoms with Gasteiger partial charge >= 0.3 is 0 Å². The van der Waals surface area contributed by atoms with Gasteiger partial charge in [-0.05, 0) is 28.8 Å². The van der Waals surface area contributed by atoms with E-state index in [0.29, 0.717) is 12.0 Å². The Balaban J connectivity index is 1.61. The molecule has 5 nitrogen and oxygen atoms in total. The second-order valence-electron chi connectivity index (χ2n) is 7.56. The van der Waals surface area contributed by atoms with E-state index >= 15 is 0 Å². The summed E-state index contributed by atoms with van der Waals surface area (Å²) in [5.74, 6) is -1.85. The second kappa shape index (κ2) is 7.56. The molecule has 1 saturated heterocycles. The fourth-order valence-corrected chi connectivity index (χ4v) is 4.64. The van der Waals surface area contributed by atoms with Crippen LogP contribution in [0.4, 0.5) is 8.78 Å². The molecule has 1 amide bonds. The number of aromatic nitrogens is 1. The number of piperazine rings is 1. The lowest BCUT2D eigenvalue weighted by Crippen LogP contribution is -2.64. The number of rotatable bonds is 4. The molecule has 0 saturated carbocycles. The van der Waals surface area contributed by atoms with E-state index in [9.17, 15) is 13.6 Å². The van der Waals surface area contributed by atoms with Crippen LogP contribution in [0.25, 0.3) is 0 Å². The highest BCUT2D eigenvalue weighted by atomic mass is 19.1. The zero-order valence-corrected chi connectivity index (χ0v) is 15.8. The maximum absolute atomic E-state index is 13.5. The number of nitrogens with one attached hydrogen (secondary N) is 2. The Morgan fingerprint density at radius 3 is 2.61 bits per heavy atom. The molecule has 0 spiro atoms. The number of halogens is 2. The highest BCUT2D eigenvalue weighted by Crippen LogP contribution is 2.44. The van der Waals surface area contributed by atoms with E-state index in [0.717, 1.165) is 38.3 Å².